The Morgan fingerprint density at radius 3 is 2.76 bits per heavy atom. The molecule has 1 aromatic rings. The van der Waals surface area contributed by atoms with E-state index in [-0.39, 0.29) is 42.5 Å². The quantitative estimate of drug-likeness (QED) is 0.238. The summed E-state index contributed by atoms with van der Waals surface area (Å²) < 4.78 is 0. The fraction of sp³-hybridized carbons (Fsp3) is 0.600. The van der Waals surface area contributed by atoms with Gasteiger partial charge in [-0.15, -0.1) is 35.3 Å². The summed E-state index contributed by atoms with van der Waals surface area (Å²) >= 11 is 1.60. The van der Waals surface area contributed by atoms with Crippen LogP contribution in [0, 0.1) is 0 Å². The Kier molecular flexibility index (Phi) is 9.11. The second kappa shape index (κ2) is 10.5. The van der Waals surface area contributed by atoms with Gasteiger partial charge < -0.3 is 16.0 Å². The number of nitrogens with one attached hydrogen (secondary N) is 3. The third-order valence-corrected chi connectivity index (χ3v) is 4.29. The highest BCUT2D eigenvalue weighted by Crippen LogP contribution is 2.18. The molecule has 1 saturated heterocycles. The summed E-state index contributed by atoms with van der Waals surface area (Å²) in [4.78, 5) is 33.2. The molecule has 25 heavy (non-hydrogen) atoms. The Morgan fingerprint density at radius 1 is 1.44 bits per heavy atom. The molecule has 8 nitrogen and oxygen atoms in total. The van der Waals surface area contributed by atoms with Crippen molar-refractivity contribution in [2.45, 2.75) is 33.2 Å². The van der Waals surface area contributed by atoms with Crippen LogP contribution in [0.15, 0.2) is 10.4 Å². The minimum absolute atomic E-state index is 0. The highest BCUT2D eigenvalue weighted by Gasteiger charge is 2.27. The van der Waals surface area contributed by atoms with Crippen molar-refractivity contribution in [2.24, 2.45) is 4.99 Å². The molecule has 2 rings (SSSR count). The van der Waals surface area contributed by atoms with E-state index in [9.17, 15) is 9.59 Å². The number of hydrogen-bond acceptors (Lipinski definition) is 5. The van der Waals surface area contributed by atoms with Gasteiger partial charge >= 0.3 is 6.03 Å². The smallest absolute Gasteiger partial charge is 0.324 e. The molecule has 0 unspecified atom stereocenters. The van der Waals surface area contributed by atoms with E-state index in [2.05, 4.69) is 45.2 Å². The summed E-state index contributed by atoms with van der Waals surface area (Å²) in [5.41, 5.74) is 1.08. The maximum atomic E-state index is 11.5. The van der Waals surface area contributed by atoms with E-state index in [1.54, 1.807) is 11.3 Å². The lowest BCUT2D eigenvalue weighted by Gasteiger charge is -2.15. The molecule has 3 N–H and O–H groups in total. The summed E-state index contributed by atoms with van der Waals surface area (Å²) in [6.07, 6.45) is 0. The number of halogens is 1. The van der Waals surface area contributed by atoms with Crippen molar-refractivity contribution in [3.8, 4) is 0 Å². The zero-order valence-corrected chi connectivity index (χ0v) is 17.8. The van der Waals surface area contributed by atoms with Gasteiger partial charge in [0.15, 0.2) is 5.96 Å². The predicted molar refractivity (Wildman–Crippen MR) is 110 cm³/mol. The van der Waals surface area contributed by atoms with Crippen LogP contribution in [-0.4, -0.2) is 54.0 Å². The first kappa shape index (κ1) is 21.6. The van der Waals surface area contributed by atoms with E-state index in [1.807, 2.05) is 6.92 Å². The molecular weight excluding hydrogens is 455 g/mol. The van der Waals surface area contributed by atoms with Crippen LogP contribution in [0.1, 0.15) is 37.4 Å². The molecule has 2 heterocycles. The second-order valence-corrected chi connectivity index (χ2v) is 6.59. The van der Waals surface area contributed by atoms with E-state index < -0.39 is 0 Å². The van der Waals surface area contributed by atoms with Crippen LogP contribution < -0.4 is 16.0 Å². The number of thiazole rings is 1. The van der Waals surface area contributed by atoms with E-state index in [0.29, 0.717) is 31.5 Å². The van der Waals surface area contributed by atoms with E-state index in [4.69, 9.17) is 0 Å². The van der Waals surface area contributed by atoms with Gasteiger partial charge in [-0.1, -0.05) is 13.8 Å². The van der Waals surface area contributed by atoms with Gasteiger partial charge in [0, 0.05) is 25.0 Å². The van der Waals surface area contributed by atoms with Crippen LogP contribution in [0.5, 0.6) is 0 Å². The molecule has 1 fully saturated rings. The number of carbonyl (C=O) groups is 2. The molecule has 1 aliphatic heterocycles. The third kappa shape index (κ3) is 6.42. The predicted octanol–water partition coefficient (Wildman–Crippen LogP) is 1.49. The molecule has 3 amide bonds. The zero-order valence-electron chi connectivity index (χ0n) is 14.7. The Balaban J connectivity index is 0.00000312. The van der Waals surface area contributed by atoms with Gasteiger partial charge in [-0.25, -0.2) is 14.8 Å². The second-order valence-electron chi connectivity index (χ2n) is 5.65. The largest absolute Gasteiger partial charge is 0.357 e. The normalized spacial score (nSPS) is 14.6. The number of aromatic nitrogens is 1. The minimum atomic E-state index is -0.340. The van der Waals surface area contributed by atoms with Crippen molar-refractivity contribution in [1.82, 2.24) is 25.8 Å². The fourth-order valence-electron chi connectivity index (χ4n) is 2.12. The number of rotatable bonds is 7. The number of nitrogens with zero attached hydrogens (tertiary/aromatic N) is 3. The summed E-state index contributed by atoms with van der Waals surface area (Å²) in [6.45, 7) is 8.26. The average molecular weight is 480 g/mol. The van der Waals surface area contributed by atoms with Crippen molar-refractivity contribution in [2.75, 3.05) is 26.2 Å². The summed E-state index contributed by atoms with van der Waals surface area (Å²) in [7, 11) is 0. The molecule has 0 radical (unpaired) electrons. The molecule has 1 aliphatic rings. The van der Waals surface area contributed by atoms with Crippen LogP contribution in [0.2, 0.25) is 0 Å². The maximum absolute atomic E-state index is 11.5. The Morgan fingerprint density at radius 2 is 2.20 bits per heavy atom. The molecule has 0 saturated carbocycles. The number of aliphatic imine (C=N–C) groups is 1. The lowest BCUT2D eigenvalue weighted by molar-refractivity contribution is -0.124. The highest BCUT2D eigenvalue weighted by atomic mass is 127. The van der Waals surface area contributed by atoms with Gasteiger partial charge in [0.1, 0.15) is 5.01 Å². The topological polar surface area (TPSA) is 98.7 Å². The molecule has 140 valence electrons. The third-order valence-electron chi connectivity index (χ3n) is 3.44. The standard InChI is InChI=1S/C15H24N6O2S.HI/c1-4-16-14(17-5-6-21-13(22)8-19-15(21)23)18-7-12-20-11(9-24-12)10(2)3;/h9-10H,4-8H2,1-3H3,(H,19,23)(H2,16,17,18);1H. The number of guanidine groups is 1. The van der Waals surface area contributed by atoms with E-state index in [0.717, 1.165) is 17.2 Å². The Bertz CT molecular complexity index is 603. The first-order valence-electron chi connectivity index (χ1n) is 8.06. The summed E-state index contributed by atoms with van der Waals surface area (Å²) in [6, 6.07) is -0.340. The van der Waals surface area contributed by atoms with E-state index in [1.165, 1.54) is 4.90 Å². The molecular formula is C15H25IN6O2S. The van der Waals surface area contributed by atoms with Crippen molar-refractivity contribution in [3.05, 3.63) is 16.1 Å². The van der Waals surface area contributed by atoms with Gasteiger partial charge in [-0.3, -0.25) is 9.69 Å². The molecule has 0 aromatic carbocycles. The monoisotopic (exact) mass is 480 g/mol. The lowest BCUT2D eigenvalue weighted by Crippen LogP contribution is -2.43. The number of amides is 3. The number of imide groups is 1. The minimum Gasteiger partial charge on any atom is -0.357 e. The molecule has 0 atom stereocenters. The van der Waals surface area contributed by atoms with Crippen LogP contribution in [-0.2, 0) is 11.3 Å². The van der Waals surface area contributed by atoms with Crippen molar-refractivity contribution in [3.63, 3.8) is 0 Å². The van der Waals surface area contributed by atoms with Crippen LogP contribution >= 0.6 is 35.3 Å². The lowest BCUT2D eigenvalue weighted by atomic mass is 10.2. The molecule has 0 aliphatic carbocycles. The van der Waals surface area contributed by atoms with Crippen LogP contribution in [0.25, 0.3) is 0 Å². The van der Waals surface area contributed by atoms with Crippen LogP contribution in [0.4, 0.5) is 4.79 Å². The maximum Gasteiger partial charge on any atom is 0.324 e. The summed E-state index contributed by atoms with van der Waals surface area (Å²) in [5, 5.41) is 11.8. The van der Waals surface area contributed by atoms with Gasteiger partial charge in [0.25, 0.3) is 0 Å². The fourth-order valence-corrected chi connectivity index (χ4v) is 3.00. The first-order chi connectivity index (χ1) is 11.5. The van der Waals surface area contributed by atoms with Crippen molar-refractivity contribution in [1.29, 1.82) is 0 Å². The van der Waals surface area contributed by atoms with Gasteiger partial charge in [0.2, 0.25) is 5.91 Å². The molecule has 0 bridgehead atoms. The highest BCUT2D eigenvalue weighted by molar-refractivity contribution is 14.0. The summed E-state index contributed by atoms with van der Waals surface area (Å²) in [5.74, 6) is 0.855. The SMILES string of the molecule is CCNC(=NCc1nc(C(C)C)cs1)NCCN1C(=O)CNC1=O.I. The number of carbonyl (C=O) groups excluding carboxylic acids is 2. The van der Waals surface area contributed by atoms with E-state index >= 15 is 0 Å². The molecule has 1 aromatic heterocycles. The molecule has 0 spiro atoms. The van der Waals surface area contributed by atoms with Crippen LogP contribution in [0.3, 0.4) is 0 Å². The Hall–Kier alpha value is -1.43. The van der Waals surface area contributed by atoms with Crippen molar-refractivity contribution < 1.29 is 9.59 Å². The number of hydrogen-bond donors (Lipinski definition) is 3. The Labute approximate surface area is 168 Å². The average Bonchev–Trinajstić information content (AvgIpc) is 3.14. The zero-order chi connectivity index (χ0) is 17.5. The van der Waals surface area contributed by atoms with Crippen molar-refractivity contribution >= 4 is 53.2 Å². The first-order valence-corrected chi connectivity index (χ1v) is 8.94. The van der Waals surface area contributed by atoms with Gasteiger partial charge in [0.05, 0.1) is 18.8 Å². The van der Waals surface area contributed by atoms with Gasteiger partial charge in [-0.05, 0) is 12.8 Å². The van der Waals surface area contributed by atoms with Gasteiger partial charge in [-0.2, -0.15) is 0 Å². The number of urea groups is 1. The molecule has 10 heteroatoms.